The van der Waals surface area contributed by atoms with E-state index in [1.807, 2.05) is 12.1 Å². The Kier molecular flexibility index (Phi) is 3.32. The molecule has 0 fully saturated rings. The number of fused-ring (bicyclic) bond motifs is 1. The summed E-state index contributed by atoms with van der Waals surface area (Å²) in [6.07, 6.45) is 2.05. The summed E-state index contributed by atoms with van der Waals surface area (Å²) < 4.78 is 0. The third-order valence-electron chi connectivity index (χ3n) is 3.63. The molecule has 4 nitrogen and oxygen atoms in total. The van der Waals surface area contributed by atoms with Crippen LogP contribution in [0.1, 0.15) is 23.6 Å². The molecule has 1 unspecified atom stereocenters. The van der Waals surface area contributed by atoms with Crippen molar-refractivity contribution in [2.24, 2.45) is 0 Å². The highest BCUT2D eigenvalue weighted by Crippen LogP contribution is 2.36. The van der Waals surface area contributed by atoms with Gasteiger partial charge in [-0.05, 0) is 30.0 Å². The number of hydrogen-bond acceptors (Lipinski definition) is 3. The van der Waals surface area contributed by atoms with Gasteiger partial charge in [0, 0.05) is 12.1 Å². The second-order valence-electron chi connectivity index (χ2n) is 4.86. The highest BCUT2D eigenvalue weighted by Gasteiger charge is 2.22. The van der Waals surface area contributed by atoms with Crippen LogP contribution in [0, 0.1) is 10.1 Å². The van der Waals surface area contributed by atoms with Crippen molar-refractivity contribution < 1.29 is 4.92 Å². The Bertz CT molecular complexity index is 673. The number of anilines is 1. The third-order valence-corrected chi connectivity index (χ3v) is 3.94. The fourth-order valence-corrected chi connectivity index (χ4v) is 2.86. The summed E-state index contributed by atoms with van der Waals surface area (Å²) in [5.74, 6) is 0. The number of halogens is 1. The lowest BCUT2D eigenvalue weighted by Crippen LogP contribution is -2.07. The molecule has 3 rings (SSSR count). The van der Waals surface area contributed by atoms with Gasteiger partial charge in [-0.1, -0.05) is 35.9 Å². The second-order valence-corrected chi connectivity index (χ2v) is 5.26. The van der Waals surface area contributed by atoms with E-state index < -0.39 is 4.92 Å². The van der Waals surface area contributed by atoms with E-state index >= 15 is 0 Å². The fourth-order valence-electron chi connectivity index (χ4n) is 2.63. The van der Waals surface area contributed by atoms with Crippen LogP contribution in [0.3, 0.4) is 0 Å². The molecule has 1 aliphatic carbocycles. The van der Waals surface area contributed by atoms with Gasteiger partial charge in [-0.3, -0.25) is 10.1 Å². The summed E-state index contributed by atoms with van der Waals surface area (Å²) in [6, 6.07) is 13.0. The number of nitrogens with zero attached hydrogens (tertiary/aromatic N) is 1. The number of aryl methyl sites for hydroxylation is 1. The van der Waals surface area contributed by atoms with Gasteiger partial charge in [-0.25, -0.2) is 0 Å². The number of nitro benzene ring substituents is 1. The Hall–Kier alpha value is -2.07. The lowest BCUT2D eigenvalue weighted by atomic mass is 10.1. The molecular formula is C15H13ClN2O2. The Morgan fingerprint density at radius 2 is 2.05 bits per heavy atom. The summed E-state index contributed by atoms with van der Waals surface area (Å²) in [5.41, 5.74) is 3.37. The van der Waals surface area contributed by atoms with E-state index in [2.05, 4.69) is 17.4 Å². The van der Waals surface area contributed by atoms with Gasteiger partial charge >= 0.3 is 0 Å². The van der Waals surface area contributed by atoms with Crippen LogP contribution in [0.4, 0.5) is 11.4 Å². The Balaban J connectivity index is 1.84. The van der Waals surface area contributed by atoms with E-state index in [0.29, 0.717) is 5.02 Å². The Morgan fingerprint density at radius 3 is 2.80 bits per heavy atom. The molecule has 20 heavy (non-hydrogen) atoms. The smallest absolute Gasteiger partial charge is 0.271 e. The predicted octanol–water partition coefficient (Wildman–Crippen LogP) is 4.35. The number of hydrogen-bond donors (Lipinski definition) is 1. The van der Waals surface area contributed by atoms with Crippen LogP contribution in [0.25, 0.3) is 0 Å². The first-order chi connectivity index (χ1) is 9.65. The molecule has 1 atom stereocenters. The van der Waals surface area contributed by atoms with Crippen LogP contribution in [0.5, 0.6) is 0 Å². The van der Waals surface area contributed by atoms with Gasteiger partial charge < -0.3 is 5.32 Å². The summed E-state index contributed by atoms with van der Waals surface area (Å²) >= 11 is 6.11. The number of rotatable bonds is 3. The van der Waals surface area contributed by atoms with Gasteiger partial charge in [0.05, 0.1) is 21.7 Å². The molecule has 102 valence electrons. The highest BCUT2D eigenvalue weighted by molar-refractivity contribution is 6.33. The fraction of sp³-hybridized carbons (Fsp3) is 0.200. The summed E-state index contributed by atoms with van der Waals surface area (Å²) in [4.78, 5) is 10.3. The molecule has 0 radical (unpaired) electrons. The first-order valence-electron chi connectivity index (χ1n) is 6.43. The average molecular weight is 289 g/mol. The molecule has 0 aliphatic heterocycles. The van der Waals surface area contributed by atoms with Gasteiger partial charge in [-0.2, -0.15) is 0 Å². The molecule has 0 amide bonds. The summed E-state index contributed by atoms with van der Waals surface area (Å²) in [5, 5.41) is 14.5. The van der Waals surface area contributed by atoms with Crippen LogP contribution >= 0.6 is 11.6 Å². The maximum atomic E-state index is 10.7. The lowest BCUT2D eigenvalue weighted by molar-refractivity contribution is -0.384. The van der Waals surface area contributed by atoms with Gasteiger partial charge in [0.15, 0.2) is 0 Å². The molecule has 5 heteroatoms. The molecule has 1 aliphatic rings. The zero-order valence-corrected chi connectivity index (χ0v) is 11.4. The number of nitro groups is 1. The van der Waals surface area contributed by atoms with Gasteiger partial charge in [0.2, 0.25) is 0 Å². The van der Waals surface area contributed by atoms with Crippen LogP contribution in [-0.2, 0) is 6.42 Å². The maximum Gasteiger partial charge on any atom is 0.271 e. The molecule has 0 aromatic heterocycles. The van der Waals surface area contributed by atoms with Gasteiger partial charge in [0.25, 0.3) is 5.69 Å². The normalized spacial score (nSPS) is 16.8. The van der Waals surface area contributed by atoms with E-state index in [1.165, 1.54) is 23.3 Å². The van der Waals surface area contributed by atoms with E-state index in [9.17, 15) is 10.1 Å². The van der Waals surface area contributed by atoms with Gasteiger partial charge in [0.1, 0.15) is 0 Å². The van der Waals surface area contributed by atoms with Crippen LogP contribution in [-0.4, -0.2) is 4.92 Å². The zero-order chi connectivity index (χ0) is 14.1. The Morgan fingerprint density at radius 1 is 1.25 bits per heavy atom. The third kappa shape index (κ3) is 2.34. The van der Waals surface area contributed by atoms with Crippen molar-refractivity contribution in [2.45, 2.75) is 18.9 Å². The largest absolute Gasteiger partial charge is 0.377 e. The van der Waals surface area contributed by atoms with E-state index in [-0.39, 0.29) is 11.7 Å². The van der Waals surface area contributed by atoms with E-state index in [4.69, 9.17) is 11.6 Å². The maximum absolute atomic E-state index is 10.7. The molecule has 2 aromatic carbocycles. The van der Waals surface area contributed by atoms with Crippen molar-refractivity contribution >= 4 is 23.0 Å². The van der Waals surface area contributed by atoms with Crippen molar-refractivity contribution in [3.8, 4) is 0 Å². The van der Waals surface area contributed by atoms with Crippen molar-refractivity contribution in [1.29, 1.82) is 0 Å². The minimum absolute atomic E-state index is 0.00683. The molecule has 1 N–H and O–H groups in total. The summed E-state index contributed by atoms with van der Waals surface area (Å²) in [6.45, 7) is 0. The second kappa shape index (κ2) is 5.13. The van der Waals surface area contributed by atoms with Crippen molar-refractivity contribution in [2.75, 3.05) is 5.32 Å². The van der Waals surface area contributed by atoms with Crippen molar-refractivity contribution in [1.82, 2.24) is 0 Å². The monoisotopic (exact) mass is 288 g/mol. The van der Waals surface area contributed by atoms with Gasteiger partial charge in [-0.15, -0.1) is 0 Å². The highest BCUT2D eigenvalue weighted by atomic mass is 35.5. The Labute approximate surface area is 121 Å². The minimum Gasteiger partial charge on any atom is -0.377 e. The summed E-state index contributed by atoms with van der Waals surface area (Å²) in [7, 11) is 0. The van der Waals surface area contributed by atoms with E-state index in [1.54, 1.807) is 6.07 Å². The van der Waals surface area contributed by atoms with Crippen LogP contribution in [0.2, 0.25) is 5.02 Å². The van der Waals surface area contributed by atoms with Crippen molar-refractivity contribution in [3.63, 3.8) is 0 Å². The molecule has 2 aromatic rings. The quantitative estimate of drug-likeness (QED) is 0.675. The minimum atomic E-state index is -0.444. The number of nitrogens with one attached hydrogen (secondary N) is 1. The van der Waals surface area contributed by atoms with Crippen molar-refractivity contribution in [3.05, 3.63) is 68.7 Å². The molecule has 0 saturated carbocycles. The topological polar surface area (TPSA) is 55.2 Å². The average Bonchev–Trinajstić information content (AvgIpc) is 2.84. The first kappa shape index (κ1) is 12.9. The predicted molar refractivity (Wildman–Crippen MR) is 79.2 cm³/mol. The molecule has 0 spiro atoms. The molecule has 0 heterocycles. The number of benzene rings is 2. The lowest BCUT2D eigenvalue weighted by Gasteiger charge is -2.16. The zero-order valence-electron chi connectivity index (χ0n) is 10.7. The van der Waals surface area contributed by atoms with E-state index in [0.717, 1.165) is 18.5 Å². The molecule has 0 bridgehead atoms. The first-order valence-corrected chi connectivity index (χ1v) is 6.81. The van der Waals surface area contributed by atoms with Crippen LogP contribution < -0.4 is 5.32 Å². The van der Waals surface area contributed by atoms with Crippen LogP contribution in [0.15, 0.2) is 42.5 Å². The standard InChI is InChI=1S/C15H13ClN2O2/c16-13-9-11(18(19)20)6-8-15(13)17-14-7-5-10-3-1-2-4-12(10)14/h1-4,6,8-9,14,17H,5,7H2. The SMILES string of the molecule is O=[N+]([O-])c1ccc(NC2CCc3ccccc32)c(Cl)c1. The molecule has 0 saturated heterocycles. The number of non-ortho nitro benzene ring substituents is 1. The molecular weight excluding hydrogens is 276 g/mol.